The quantitative estimate of drug-likeness (QED) is 0.425. The Morgan fingerprint density at radius 3 is 2.32 bits per heavy atom. The number of carbonyl (C=O) groups is 2. The van der Waals surface area contributed by atoms with Crippen molar-refractivity contribution in [3.63, 3.8) is 0 Å². The van der Waals surface area contributed by atoms with E-state index in [0.29, 0.717) is 21.4 Å². The molecule has 1 aliphatic rings. The van der Waals surface area contributed by atoms with Gasteiger partial charge in [0.25, 0.3) is 0 Å². The SMILES string of the molecule is COc1ccc(N(CC(=O)N(Cc2ccc(Cl)cc2Cl)[C@H](C)C(=O)NC2CCCC2)S(C)(=O)=O)cc1Cl. The van der Waals surface area contributed by atoms with Gasteiger partial charge in [-0.15, -0.1) is 0 Å². The monoisotopic (exact) mass is 589 g/mol. The predicted molar refractivity (Wildman–Crippen MR) is 147 cm³/mol. The first kappa shape index (κ1) is 29.4. The Balaban J connectivity index is 1.92. The minimum atomic E-state index is -3.89. The number of nitrogens with zero attached hydrogens (tertiary/aromatic N) is 2. The van der Waals surface area contributed by atoms with Gasteiger partial charge in [0.05, 0.1) is 24.1 Å². The van der Waals surface area contributed by atoms with E-state index >= 15 is 0 Å². The number of ether oxygens (including phenoxy) is 1. The summed E-state index contributed by atoms with van der Waals surface area (Å²) in [5.74, 6) is -0.539. The number of benzene rings is 2. The maximum Gasteiger partial charge on any atom is 0.244 e. The van der Waals surface area contributed by atoms with Crippen LogP contribution in [0.3, 0.4) is 0 Å². The van der Waals surface area contributed by atoms with Gasteiger partial charge in [-0.25, -0.2) is 8.42 Å². The lowest BCUT2D eigenvalue weighted by molar-refractivity contribution is -0.139. The molecule has 202 valence electrons. The highest BCUT2D eigenvalue weighted by molar-refractivity contribution is 7.92. The van der Waals surface area contributed by atoms with Gasteiger partial charge in [-0.2, -0.15) is 0 Å². The van der Waals surface area contributed by atoms with Gasteiger partial charge in [0.2, 0.25) is 21.8 Å². The van der Waals surface area contributed by atoms with Crippen molar-refractivity contribution in [3.05, 3.63) is 57.0 Å². The van der Waals surface area contributed by atoms with Crippen LogP contribution in [0.5, 0.6) is 5.75 Å². The van der Waals surface area contributed by atoms with Gasteiger partial charge in [-0.3, -0.25) is 13.9 Å². The lowest BCUT2D eigenvalue weighted by Crippen LogP contribution is -2.52. The van der Waals surface area contributed by atoms with Crippen molar-refractivity contribution in [2.24, 2.45) is 0 Å². The minimum absolute atomic E-state index is 0.0188. The van der Waals surface area contributed by atoms with Gasteiger partial charge in [0.1, 0.15) is 18.3 Å². The average Bonchev–Trinajstić information content (AvgIpc) is 3.33. The number of hydrogen-bond donors (Lipinski definition) is 1. The summed E-state index contributed by atoms with van der Waals surface area (Å²) < 4.78 is 31.5. The van der Waals surface area contributed by atoms with Crippen LogP contribution in [0.2, 0.25) is 15.1 Å². The lowest BCUT2D eigenvalue weighted by atomic mass is 10.1. The molecule has 0 heterocycles. The number of anilines is 1. The van der Waals surface area contributed by atoms with Crippen LogP contribution in [-0.4, -0.2) is 57.1 Å². The molecule has 1 aliphatic carbocycles. The Morgan fingerprint density at radius 1 is 1.08 bits per heavy atom. The molecule has 1 N–H and O–H groups in total. The van der Waals surface area contributed by atoms with E-state index in [2.05, 4.69) is 5.32 Å². The van der Waals surface area contributed by atoms with E-state index in [1.807, 2.05) is 0 Å². The molecule has 2 amide bonds. The highest BCUT2D eigenvalue weighted by atomic mass is 35.5. The van der Waals surface area contributed by atoms with Gasteiger partial charge in [-0.1, -0.05) is 53.7 Å². The van der Waals surface area contributed by atoms with Crippen LogP contribution in [-0.2, 0) is 26.2 Å². The summed E-state index contributed by atoms with van der Waals surface area (Å²) in [5.41, 5.74) is 0.757. The third kappa shape index (κ3) is 7.66. The van der Waals surface area contributed by atoms with Crippen molar-refractivity contribution >= 4 is 62.3 Å². The van der Waals surface area contributed by atoms with Crippen LogP contribution in [0.4, 0.5) is 5.69 Å². The number of methoxy groups -OCH3 is 1. The van der Waals surface area contributed by atoms with Crippen LogP contribution >= 0.6 is 34.8 Å². The van der Waals surface area contributed by atoms with Crippen molar-refractivity contribution in [2.45, 2.75) is 51.2 Å². The fourth-order valence-corrected chi connectivity index (χ4v) is 5.79. The summed E-state index contributed by atoms with van der Waals surface area (Å²) in [4.78, 5) is 28.1. The Morgan fingerprint density at radius 2 is 1.76 bits per heavy atom. The van der Waals surface area contributed by atoms with Crippen LogP contribution in [0.15, 0.2) is 36.4 Å². The number of rotatable bonds is 10. The molecule has 0 unspecified atom stereocenters. The topological polar surface area (TPSA) is 96.0 Å². The molecule has 1 saturated carbocycles. The molecule has 1 fully saturated rings. The van der Waals surface area contributed by atoms with E-state index in [9.17, 15) is 18.0 Å². The lowest BCUT2D eigenvalue weighted by Gasteiger charge is -2.32. The Bertz CT molecular complexity index is 1250. The molecule has 0 saturated heterocycles. The molecular formula is C25H30Cl3N3O5S. The van der Waals surface area contributed by atoms with Crippen molar-refractivity contribution in [3.8, 4) is 5.75 Å². The molecule has 0 bridgehead atoms. The number of halogens is 3. The summed E-state index contributed by atoms with van der Waals surface area (Å²) in [6, 6.07) is 8.44. The number of nitrogens with one attached hydrogen (secondary N) is 1. The van der Waals surface area contributed by atoms with E-state index in [4.69, 9.17) is 39.5 Å². The molecule has 0 aromatic heterocycles. The zero-order valence-electron chi connectivity index (χ0n) is 20.8. The fraction of sp³-hybridized carbons (Fsp3) is 0.440. The largest absolute Gasteiger partial charge is 0.495 e. The first-order valence-electron chi connectivity index (χ1n) is 11.8. The van der Waals surface area contributed by atoms with Gasteiger partial charge < -0.3 is 15.0 Å². The standard InChI is InChI=1S/C25H30Cl3N3O5S/c1-16(25(33)29-19-6-4-5-7-19)30(14-17-8-9-18(26)12-21(17)27)24(32)15-31(37(3,34)35)20-10-11-23(36-2)22(28)13-20/h8-13,16,19H,4-7,14-15H2,1-3H3,(H,29,33)/t16-/m1/s1. The normalized spacial score (nSPS) is 14.8. The molecule has 2 aromatic rings. The Hall–Kier alpha value is -2.20. The Labute approximate surface area is 232 Å². The van der Waals surface area contributed by atoms with Crippen LogP contribution in [0.1, 0.15) is 38.2 Å². The van der Waals surface area contributed by atoms with E-state index in [1.54, 1.807) is 25.1 Å². The second kappa shape index (κ2) is 12.6. The maximum atomic E-state index is 13.7. The van der Waals surface area contributed by atoms with Crippen LogP contribution in [0.25, 0.3) is 0 Å². The van der Waals surface area contributed by atoms with Crippen molar-refractivity contribution in [2.75, 3.05) is 24.2 Å². The summed E-state index contributed by atoms with van der Waals surface area (Å²) in [6.45, 7) is 1.05. The van der Waals surface area contributed by atoms with E-state index in [0.717, 1.165) is 36.2 Å². The van der Waals surface area contributed by atoms with E-state index < -0.39 is 28.5 Å². The molecule has 37 heavy (non-hydrogen) atoms. The number of sulfonamides is 1. The fourth-order valence-electron chi connectivity index (χ4n) is 4.23. The third-order valence-corrected chi connectivity index (χ3v) is 8.35. The van der Waals surface area contributed by atoms with Crippen molar-refractivity contribution < 1.29 is 22.7 Å². The maximum absolute atomic E-state index is 13.7. The smallest absolute Gasteiger partial charge is 0.244 e. The second-order valence-corrected chi connectivity index (χ2v) is 12.2. The van der Waals surface area contributed by atoms with Gasteiger partial charge in [-0.05, 0) is 55.7 Å². The molecule has 0 spiro atoms. The average molecular weight is 591 g/mol. The first-order chi connectivity index (χ1) is 17.4. The minimum Gasteiger partial charge on any atom is -0.495 e. The molecule has 8 nitrogen and oxygen atoms in total. The molecule has 0 aliphatic heterocycles. The highest BCUT2D eigenvalue weighted by Gasteiger charge is 2.32. The molecule has 0 radical (unpaired) electrons. The van der Waals surface area contributed by atoms with Crippen molar-refractivity contribution in [1.82, 2.24) is 10.2 Å². The van der Waals surface area contributed by atoms with E-state index in [1.165, 1.54) is 30.2 Å². The molecule has 3 rings (SSSR count). The highest BCUT2D eigenvalue weighted by Crippen LogP contribution is 2.31. The van der Waals surface area contributed by atoms with Gasteiger partial charge in [0, 0.05) is 22.6 Å². The second-order valence-electron chi connectivity index (χ2n) is 9.01. The zero-order valence-corrected chi connectivity index (χ0v) is 23.9. The van der Waals surface area contributed by atoms with Crippen LogP contribution < -0.4 is 14.4 Å². The number of amides is 2. The number of hydrogen-bond acceptors (Lipinski definition) is 5. The van der Waals surface area contributed by atoms with Crippen LogP contribution in [0, 0.1) is 0 Å². The molecule has 12 heteroatoms. The first-order valence-corrected chi connectivity index (χ1v) is 14.7. The molecule has 1 atom stereocenters. The van der Waals surface area contributed by atoms with Gasteiger partial charge in [0.15, 0.2) is 0 Å². The summed E-state index contributed by atoms with van der Waals surface area (Å²) in [6.07, 6.45) is 4.84. The third-order valence-electron chi connectivity index (χ3n) is 6.33. The summed E-state index contributed by atoms with van der Waals surface area (Å²) in [5, 5.41) is 3.96. The van der Waals surface area contributed by atoms with E-state index in [-0.39, 0.29) is 29.2 Å². The summed E-state index contributed by atoms with van der Waals surface area (Å²) in [7, 11) is -2.45. The number of carbonyl (C=O) groups excluding carboxylic acids is 2. The molecule has 2 aromatic carbocycles. The van der Waals surface area contributed by atoms with Gasteiger partial charge >= 0.3 is 0 Å². The predicted octanol–water partition coefficient (Wildman–Crippen LogP) is 4.90. The summed E-state index contributed by atoms with van der Waals surface area (Å²) >= 11 is 18.6. The molecular weight excluding hydrogens is 561 g/mol. The Kier molecular flexibility index (Phi) is 9.97. The van der Waals surface area contributed by atoms with Crippen molar-refractivity contribution in [1.29, 1.82) is 0 Å². The zero-order chi connectivity index (χ0) is 27.3.